The van der Waals surface area contributed by atoms with Crippen molar-refractivity contribution >= 4 is 17.7 Å². The summed E-state index contributed by atoms with van der Waals surface area (Å²) in [5, 5.41) is 8.36. The standard InChI is InChI=1S/C6H12N2O2S/c7-2-1-3-11-4-5(8)6(9)10/h1-2,5H,3-4,7-8H2,(H,9,10)/t5-/m0/s1. The second kappa shape index (κ2) is 6.06. The van der Waals surface area contributed by atoms with Crippen LogP contribution in [0.2, 0.25) is 0 Å². The predicted molar refractivity (Wildman–Crippen MR) is 46.3 cm³/mol. The molecule has 0 spiro atoms. The SMILES string of the molecule is NC=CCSC[C@H](N)C(=O)O. The summed E-state index contributed by atoms with van der Waals surface area (Å²) in [5.74, 6) is 0.158. The van der Waals surface area contributed by atoms with Crippen molar-refractivity contribution in [2.24, 2.45) is 11.5 Å². The molecule has 0 aliphatic rings. The Labute approximate surface area is 69.6 Å². The van der Waals surface area contributed by atoms with Crippen LogP contribution in [-0.4, -0.2) is 28.6 Å². The zero-order chi connectivity index (χ0) is 8.69. The van der Waals surface area contributed by atoms with Crippen molar-refractivity contribution in [3.63, 3.8) is 0 Å². The Morgan fingerprint density at radius 3 is 2.82 bits per heavy atom. The molecular weight excluding hydrogens is 164 g/mol. The highest BCUT2D eigenvalue weighted by Crippen LogP contribution is 2.01. The van der Waals surface area contributed by atoms with Crippen LogP contribution in [0.4, 0.5) is 0 Å². The molecule has 0 aromatic heterocycles. The van der Waals surface area contributed by atoms with Crippen LogP contribution in [0.15, 0.2) is 12.3 Å². The second-order valence-electron chi connectivity index (χ2n) is 1.91. The fraction of sp³-hybridized carbons (Fsp3) is 0.500. The lowest BCUT2D eigenvalue weighted by molar-refractivity contribution is -0.137. The number of aliphatic carboxylic acids is 1. The molecule has 0 unspecified atom stereocenters. The Hall–Kier alpha value is -0.680. The van der Waals surface area contributed by atoms with Gasteiger partial charge in [0, 0.05) is 11.5 Å². The van der Waals surface area contributed by atoms with Gasteiger partial charge in [-0.1, -0.05) is 6.08 Å². The van der Waals surface area contributed by atoms with E-state index in [4.69, 9.17) is 16.6 Å². The molecular formula is C6H12N2O2S. The number of hydrogen-bond acceptors (Lipinski definition) is 4. The monoisotopic (exact) mass is 176 g/mol. The predicted octanol–water partition coefficient (Wildman–Crippen LogP) is -0.396. The van der Waals surface area contributed by atoms with Gasteiger partial charge in [-0.3, -0.25) is 4.79 Å². The minimum absolute atomic E-state index is 0.416. The van der Waals surface area contributed by atoms with E-state index in [-0.39, 0.29) is 0 Å². The molecule has 0 aromatic carbocycles. The maximum atomic E-state index is 10.2. The van der Waals surface area contributed by atoms with Crippen LogP contribution in [0.5, 0.6) is 0 Å². The first-order valence-corrected chi connectivity index (χ1v) is 4.26. The smallest absolute Gasteiger partial charge is 0.321 e. The van der Waals surface area contributed by atoms with E-state index in [2.05, 4.69) is 0 Å². The molecule has 0 aliphatic heterocycles. The zero-order valence-electron chi connectivity index (χ0n) is 6.06. The maximum Gasteiger partial charge on any atom is 0.321 e. The number of nitrogens with two attached hydrogens (primary N) is 2. The molecule has 0 saturated carbocycles. The quantitative estimate of drug-likeness (QED) is 0.496. The van der Waals surface area contributed by atoms with E-state index in [0.717, 1.165) is 0 Å². The van der Waals surface area contributed by atoms with Gasteiger partial charge in [0.1, 0.15) is 6.04 Å². The first-order valence-electron chi connectivity index (χ1n) is 3.11. The molecule has 4 nitrogen and oxygen atoms in total. The first kappa shape index (κ1) is 10.3. The van der Waals surface area contributed by atoms with Crippen molar-refractivity contribution < 1.29 is 9.90 Å². The lowest BCUT2D eigenvalue weighted by Crippen LogP contribution is -2.32. The Morgan fingerprint density at radius 1 is 1.73 bits per heavy atom. The molecule has 0 heterocycles. The van der Waals surface area contributed by atoms with Gasteiger partial charge in [-0.25, -0.2) is 0 Å². The third-order valence-electron chi connectivity index (χ3n) is 0.965. The summed E-state index contributed by atoms with van der Waals surface area (Å²) >= 11 is 1.44. The third-order valence-corrected chi connectivity index (χ3v) is 1.99. The minimum atomic E-state index is -0.964. The van der Waals surface area contributed by atoms with Crippen molar-refractivity contribution in [1.82, 2.24) is 0 Å². The van der Waals surface area contributed by atoms with Gasteiger partial charge >= 0.3 is 5.97 Å². The maximum absolute atomic E-state index is 10.2. The van der Waals surface area contributed by atoms with E-state index in [1.54, 1.807) is 6.08 Å². The molecule has 0 amide bonds. The highest BCUT2D eigenvalue weighted by atomic mass is 32.2. The van der Waals surface area contributed by atoms with E-state index < -0.39 is 12.0 Å². The molecule has 1 atom stereocenters. The lowest BCUT2D eigenvalue weighted by atomic mass is 10.4. The number of carboxylic acid groups (broad SMARTS) is 1. The summed E-state index contributed by atoms with van der Waals surface area (Å²) in [4.78, 5) is 10.2. The van der Waals surface area contributed by atoms with Gasteiger partial charge < -0.3 is 16.6 Å². The van der Waals surface area contributed by atoms with Crippen LogP contribution in [0, 0.1) is 0 Å². The molecule has 0 rings (SSSR count). The number of carbonyl (C=O) groups is 1. The largest absolute Gasteiger partial charge is 0.480 e. The topological polar surface area (TPSA) is 89.3 Å². The summed E-state index contributed by atoms with van der Waals surface area (Å²) in [6.07, 6.45) is 3.18. The molecule has 0 aromatic rings. The number of rotatable bonds is 5. The fourth-order valence-electron chi connectivity index (χ4n) is 0.390. The van der Waals surface area contributed by atoms with Crippen molar-refractivity contribution in [3.05, 3.63) is 12.3 Å². The van der Waals surface area contributed by atoms with Crippen LogP contribution in [-0.2, 0) is 4.79 Å². The molecule has 5 N–H and O–H groups in total. The average molecular weight is 176 g/mol. The molecule has 5 heteroatoms. The Balaban J connectivity index is 3.31. The first-order chi connectivity index (χ1) is 5.18. The van der Waals surface area contributed by atoms with Crippen LogP contribution in [0.25, 0.3) is 0 Å². The van der Waals surface area contributed by atoms with Crippen molar-refractivity contribution in [3.8, 4) is 0 Å². The molecule has 0 radical (unpaired) electrons. The van der Waals surface area contributed by atoms with Gasteiger partial charge in [-0.05, 0) is 6.20 Å². The van der Waals surface area contributed by atoms with E-state index in [1.165, 1.54) is 18.0 Å². The van der Waals surface area contributed by atoms with Crippen LogP contribution in [0.1, 0.15) is 0 Å². The molecule has 0 saturated heterocycles. The van der Waals surface area contributed by atoms with Crippen molar-refractivity contribution in [1.29, 1.82) is 0 Å². The highest BCUT2D eigenvalue weighted by molar-refractivity contribution is 7.99. The second-order valence-corrected chi connectivity index (χ2v) is 2.99. The van der Waals surface area contributed by atoms with E-state index in [0.29, 0.717) is 11.5 Å². The molecule has 0 bridgehead atoms. The lowest BCUT2D eigenvalue weighted by Gasteiger charge is -2.02. The molecule has 0 fully saturated rings. The van der Waals surface area contributed by atoms with E-state index in [9.17, 15) is 4.79 Å². The van der Waals surface area contributed by atoms with Crippen LogP contribution in [0.3, 0.4) is 0 Å². The fourth-order valence-corrected chi connectivity index (χ4v) is 1.17. The van der Waals surface area contributed by atoms with Gasteiger partial charge in [0.25, 0.3) is 0 Å². The van der Waals surface area contributed by atoms with Gasteiger partial charge in [0.05, 0.1) is 0 Å². The molecule has 11 heavy (non-hydrogen) atoms. The van der Waals surface area contributed by atoms with Gasteiger partial charge in [-0.2, -0.15) is 11.8 Å². The van der Waals surface area contributed by atoms with Gasteiger partial charge in [0.15, 0.2) is 0 Å². The summed E-state index contributed by atoms with van der Waals surface area (Å²) in [6, 6.07) is -0.772. The Bertz CT molecular complexity index is 150. The van der Waals surface area contributed by atoms with Crippen molar-refractivity contribution in [2.45, 2.75) is 6.04 Å². The Morgan fingerprint density at radius 2 is 2.36 bits per heavy atom. The van der Waals surface area contributed by atoms with Gasteiger partial charge in [0.2, 0.25) is 0 Å². The van der Waals surface area contributed by atoms with Crippen molar-refractivity contribution in [2.75, 3.05) is 11.5 Å². The average Bonchev–Trinajstić information content (AvgIpc) is 1.97. The van der Waals surface area contributed by atoms with Gasteiger partial charge in [-0.15, -0.1) is 0 Å². The van der Waals surface area contributed by atoms with E-state index >= 15 is 0 Å². The Kier molecular flexibility index (Phi) is 5.68. The van der Waals surface area contributed by atoms with E-state index in [1.807, 2.05) is 0 Å². The van der Waals surface area contributed by atoms with Crippen LogP contribution < -0.4 is 11.5 Å². The molecule has 0 aliphatic carbocycles. The summed E-state index contributed by atoms with van der Waals surface area (Å²) in [5.41, 5.74) is 10.3. The number of carboxylic acids is 1. The summed E-state index contributed by atoms with van der Waals surface area (Å²) in [6.45, 7) is 0. The normalized spacial score (nSPS) is 13.5. The number of hydrogen-bond donors (Lipinski definition) is 3. The van der Waals surface area contributed by atoms with Crippen LogP contribution >= 0.6 is 11.8 Å². The minimum Gasteiger partial charge on any atom is -0.480 e. The number of thioether (sulfide) groups is 1. The molecule has 64 valence electrons. The summed E-state index contributed by atoms with van der Waals surface area (Å²) in [7, 11) is 0. The highest BCUT2D eigenvalue weighted by Gasteiger charge is 2.09. The zero-order valence-corrected chi connectivity index (χ0v) is 6.88. The third kappa shape index (κ3) is 5.75. The summed E-state index contributed by atoms with van der Waals surface area (Å²) < 4.78 is 0.